The monoisotopic (exact) mass is 608 g/mol. The molecule has 1 aromatic carbocycles. The van der Waals surface area contributed by atoms with E-state index in [0.717, 1.165) is 17.0 Å². The van der Waals surface area contributed by atoms with Crippen LogP contribution in [0.15, 0.2) is 24.3 Å². The summed E-state index contributed by atoms with van der Waals surface area (Å²) in [4.78, 5) is 57.5. The van der Waals surface area contributed by atoms with Gasteiger partial charge in [-0.05, 0) is 56.9 Å². The Hall–Kier alpha value is -4.09. The van der Waals surface area contributed by atoms with Crippen molar-refractivity contribution >= 4 is 23.6 Å². The Labute approximate surface area is 258 Å². The topological polar surface area (TPSA) is 126 Å². The standard InChI is InChI=1S/C32H44N6O6/c1-21-16-22(2)38(34-21)14-10-31(41)37-18-26-25-6-7-28(43-4)29(17-25)44-15-5-11-36(20-30(40)33-27(26)19-37)32(42)24-8-12-35(13-9-24)23(3)39/h6-7,16-17,24,26-27H,5,8-15,18-20H2,1-4H3,(H,33,40)/t26-,27+/m1/s1. The number of carbonyl (C=O) groups excluding carboxylic acids is 4. The van der Waals surface area contributed by atoms with Gasteiger partial charge in [-0.15, -0.1) is 0 Å². The average Bonchev–Trinajstić information content (AvgIpc) is 3.58. The molecule has 1 aromatic heterocycles. The largest absolute Gasteiger partial charge is 0.493 e. The molecule has 0 spiro atoms. The molecule has 1 N–H and O–H groups in total. The van der Waals surface area contributed by atoms with E-state index in [4.69, 9.17) is 9.47 Å². The fourth-order valence-electron chi connectivity index (χ4n) is 6.62. The highest BCUT2D eigenvalue weighted by atomic mass is 16.5. The van der Waals surface area contributed by atoms with Crippen LogP contribution in [-0.2, 0) is 25.7 Å². The smallest absolute Gasteiger partial charge is 0.239 e. The van der Waals surface area contributed by atoms with Crippen molar-refractivity contribution in [2.75, 3.05) is 53.0 Å². The SMILES string of the molecule is COc1ccc2cc1OCCCN(C(=O)C1CCN(C(C)=O)CC1)CC(=O)N[C@H]1CN(C(=O)CCn3nc(C)cc3C)C[C@H]21. The summed E-state index contributed by atoms with van der Waals surface area (Å²) in [7, 11) is 1.59. The number of nitrogens with zero attached hydrogens (tertiary/aromatic N) is 5. The molecular weight excluding hydrogens is 564 g/mol. The van der Waals surface area contributed by atoms with E-state index in [2.05, 4.69) is 10.4 Å². The van der Waals surface area contributed by atoms with Crippen LogP contribution in [0, 0.1) is 19.8 Å². The molecule has 0 unspecified atom stereocenters. The molecule has 0 saturated carbocycles. The van der Waals surface area contributed by atoms with E-state index in [1.807, 2.05) is 47.7 Å². The van der Waals surface area contributed by atoms with Crippen LogP contribution >= 0.6 is 0 Å². The van der Waals surface area contributed by atoms with Gasteiger partial charge in [-0.25, -0.2) is 0 Å². The van der Waals surface area contributed by atoms with E-state index in [1.165, 1.54) is 0 Å². The first-order valence-corrected chi connectivity index (χ1v) is 15.6. The third kappa shape index (κ3) is 7.16. The molecule has 2 saturated heterocycles. The number of amides is 4. The first kappa shape index (κ1) is 31.3. The summed E-state index contributed by atoms with van der Waals surface area (Å²) >= 11 is 0. The normalized spacial score (nSPS) is 21.4. The molecule has 12 nitrogen and oxygen atoms in total. The summed E-state index contributed by atoms with van der Waals surface area (Å²) in [6, 6.07) is 7.42. The van der Waals surface area contributed by atoms with Gasteiger partial charge in [0, 0.05) is 70.1 Å². The average molecular weight is 609 g/mol. The highest BCUT2D eigenvalue weighted by molar-refractivity contribution is 5.86. The Morgan fingerprint density at radius 1 is 1.05 bits per heavy atom. The fourth-order valence-corrected chi connectivity index (χ4v) is 6.62. The summed E-state index contributed by atoms with van der Waals surface area (Å²) in [6.07, 6.45) is 2.01. The zero-order chi connectivity index (χ0) is 31.4. The van der Waals surface area contributed by atoms with Gasteiger partial charge in [-0.3, -0.25) is 23.9 Å². The number of aromatic nitrogens is 2. The number of hydrogen-bond donors (Lipinski definition) is 1. The molecule has 2 bridgehead atoms. The van der Waals surface area contributed by atoms with E-state index < -0.39 is 0 Å². The highest BCUT2D eigenvalue weighted by Gasteiger charge is 2.38. The zero-order valence-corrected chi connectivity index (χ0v) is 26.2. The van der Waals surface area contributed by atoms with Crippen molar-refractivity contribution in [1.82, 2.24) is 29.8 Å². The van der Waals surface area contributed by atoms with Gasteiger partial charge in [0.25, 0.3) is 0 Å². The molecule has 0 radical (unpaired) electrons. The number of aryl methyl sites for hydroxylation is 3. The molecular formula is C32H44N6O6. The number of carbonyl (C=O) groups is 4. The van der Waals surface area contributed by atoms with Crippen LogP contribution < -0.4 is 14.8 Å². The minimum absolute atomic E-state index is 0.000823. The van der Waals surface area contributed by atoms with Crippen LogP contribution in [0.5, 0.6) is 11.5 Å². The zero-order valence-electron chi connectivity index (χ0n) is 26.2. The lowest BCUT2D eigenvalue weighted by atomic mass is 9.93. The number of fused-ring (bicyclic) bond motifs is 4. The molecule has 44 heavy (non-hydrogen) atoms. The summed E-state index contributed by atoms with van der Waals surface area (Å²) < 4.78 is 13.5. The quantitative estimate of drug-likeness (QED) is 0.549. The second kappa shape index (κ2) is 13.7. The van der Waals surface area contributed by atoms with Crippen LogP contribution in [0.25, 0.3) is 0 Å². The summed E-state index contributed by atoms with van der Waals surface area (Å²) in [5.41, 5.74) is 2.87. The predicted molar refractivity (Wildman–Crippen MR) is 162 cm³/mol. The number of benzene rings is 1. The lowest BCUT2D eigenvalue weighted by Gasteiger charge is -2.34. The first-order valence-electron chi connectivity index (χ1n) is 15.6. The minimum atomic E-state index is -0.335. The van der Waals surface area contributed by atoms with Gasteiger partial charge in [0.1, 0.15) is 0 Å². The van der Waals surface area contributed by atoms with Gasteiger partial charge in [0.15, 0.2) is 11.5 Å². The molecule has 3 aliphatic rings. The maximum atomic E-state index is 13.6. The van der Waals surface area contributed by atoms with E-state index in [1.54, 1.807) is 23.8 Å². The van der Waals surface area contributed by atoms with Crippen molar-refractivity contribution in [3.05, 3.63) is 41.2 Å². The second-order valence-corrected chi connectivity index (χ2v) is 12.1. The number of nitrogens with one attached hydrogen (secondary N) is 1. The Balaban J connectivity index is 1.33. The lowest BCUT2D eigenvalue weighted by molar-refractivity contribution is -0.142. The van der Waals surface area contributed by atoms with Gasteiger partial charge < -0.3 is 29.5 Å². The van der Waals surface area contributed by atoms with Crippen molar-refractivity contribution in [2.24, 2.45) is 5.92 Å². The van der Waals surface area contributed by atoms with E-state index in [9.17, 15) is 19.2 Å². The van der Waals surface area contributed by atoms with Crippen molar-refractivity contribution < 1.29 is 28.7 Å². The molecule has 3 aliphatic heterocycles. The maximum absolute atomic E-state index is 13.6. The van der Waals surface area contributed by atoms with Crippen molar-refractivity contribution in [1.29, 1.82) is 0 Å². The van der Waals surface area contributed by atoms with Crippen LogP contribution in [-0.4, -0.2) is 107 Å². The lowest BCUT2D eigenvalue weighted by Crippen LogP contribution is -2.49. The summed E-state index contributed by atoms with van der Waals surface area (Å²) in [6.45, 7) is 8.48. The second-order valence-electron chi connectivity index (χ2n) is 12.1. The van der Waals surface area contributed by atoms with Gasteiger partial charge in [-0.2, -0.15) is 5.10 Å². The van der Waals surface area contributed by atoms with Crippen molar-refractivity contribution in [3.8, 4) is 11.5 Å². The minimum Gasteiger partial charge on any atom is -0.493 e. The first-order chi connectivity index (χ1) is 21.1. The van der Waals surface area contributed by atoms with Crippen LogP contribution in [0.2, 0.25) is 0 Å². The summed E-state index contributed by atoms with van der Waals surface area (Å²) in [5.74, 6) is 0.493. The molecule has 2 aromatic rings. The third-order valence-electron chi connectivity index (χ3n) is 9.04. The fraction of sp³-hybridized carbons (Fsp3) is 0.594. The van der Waals surface area contributed by atoms with Crippen LogP contribution in [0.3, 0.4) is 0 Å². The number of rotatable bonds is 5. The van der Waals surface area contributed by atoms with Gasteiger partial charge in [-0.1, -0.05) is 6.07 Å². The number of methoxy groups -OCH3 is 1. The van der Waals surface area contributed by atoms with Crippen molar-refractivity contribution in [3.63, 3.8) is 0 Å². The molecule has 4 amide bonds. The molecule has 238 valence electrons. The maximum Gasteiger partial charge on any atom is 0.239 e. The molecule has 5 rings (SSSR count). The van der Waals surface area contributed by atoms with Crippen LogP contribution in [0.1, 0.15) is 55.5 Å². The Morgan fingerprint density at radius 3 is 2.50 bits per heavy atom. The third-order valence-corrected chi connectivity index (χ3v) is 9.04. The van der Waals surface area contributed by atoms with E-state index >= 15 is 0 Å². The predicted octanol–water partition coefficient (Wildman–Crippen LogP) is 1.88. The van der Waals surface area contributed by atoms with E-state index in [0.29, 0.717) is 83.1 Å². The Bertz CT molecular complexity index is 1380. The number of likely N-dealkylation sites (tertiary alicyclic amines) is 2. The molecule has 2 fully saturated rings. The number of ether oxygens (including phenoxy) is 2. The summed E-state index contributed by atoms with van der Waals surface area (Å²) in [5, 5.41) is 7.64. The van der Waals surface area contributed by atoms with Crippen molar-refractivity contribution in [2.45, 2.75) is 65.0 Å². The van der Waals surface area contributed by atoms with Crippen LogP contribution in [0.4, 0.5) is 0 Å². The molecule has 4 heterocycles. The number of hydrogen-bond acceptors (Lipinski definition) is 7. The Morgan fingerprint density at radius 2 is 1.82 bits per heavy atom. The van der Waals surface area contributed by atoms with Gasteiger partial charge >= 0.3 is 0 Å². The highest BCUT2D eigenvalue weighted by Crippen LogP contribution is 2.35. The molecule has 0 aliphatic carbocycles. The molecule has 2 atom stereocenters. The number of piperidine rings is 1. The van der Waals surface area contributed by atoms with Gasteiger partial charge in [0.05, 0.1) is 32.0 Å². The van der Waals surface area contributed by atoms with E-state index in [-0.39, 0.29) is 48.1 Å². The van der Waals surface area contributed by atoms with Gasteiger partial charge in [0.2, 0.25) is 23.6 Å². The molecule has 12 heteroatoms. The Kier molecular flexibility index (Phi) is 9.75.